The number of thioether (sulfide) groups is 1. The lowest BCUT2D eigenvalue weighted by molar-refractivity contribution is 0.695. The Labute approximate surface area is 121 Å². The Morgan fingerprint density at radius 1 is 1.15 bits per heavy atom. The third kappa shape index (κ3) is 2.69. The molecule has 7 nitrogen and oxygen atoms in total. The highest BCUT2D eigenvalue weighted by atomic mass is 32.2. The van der Waals surface area contributed by atoms with E-state index in [-0.39, 0.29) is 5.95 Å². The fourth-order valence-corrected chi connectivity index (χ4v) is 3.67. The summed E-state index contributed by atoms with van der Waals surface area (Å²) in [5.74, 6) is 1.30. The Bertz CT molecular complexity index is 575. The number of aromatic nitrogens is 5. The molecule has 0 aliphatic carbocycles. The molecule has 106 valence electrons. The Morgan fingerprint density at radius 2 is 1.85 bits per heavy atom. The predicted octanol–water partition coefficient (Wildman–Crippen LogP) is 0.970. The van der Waals surface area contributed by atoms with Gasteiger partial charge in [0.2, 0.25) is 11.9 Å². The SMILES string of the molecule is CC1CN(c2nc(N)nc(-n3cccn3)n2)CC(C)S1. The van der Waals surface area contributed by atoms with E-state index >= 15 is 0 Å². The van der Waals surface area contributed by atoms with Crippen molar-refractivity contribution in [2.24, 2.45) is 0 Å². The van der Waals surface area contributed by atoms with Crippen LogP contribution in [0.1, 0.15) is 13.8 Å². The number of anilines is 2. The number of nitrogens with zero attached hydrogens (tertiary/aromatic N) is 6. The molecule has 2 aromatic rings. The van der Waals surface area contributed by atoms with Crippen molar-refractivity contribution in [1.82, 2.24) is 24.7 Å². The van der Waals surface area contributed by atoms with Crippen LogP contribution in [0.15, 0.2) is 18.5 Å². The molecule has 1 fully saturated rings. The molecule has 0 aromatic carbocycles. The van der Waals surface area contributed by atoms with Gasteiger partial charge in [0.15, 0.2) is 0 Å². The summed E-state index contributed by atoms with van der Waals surface area (Å²) in [5.41, 5.74) is 5.81. The molecule has 3 heterocycles. The molecule has 20 heavy (non-hydrogen) atoms. The molecular weight excluding hydrogens is 274 g/mol. The molecule has 1 aliphatic heterocycles. The summed E-state index contributed by atoms with van der Waals surface area (Å²) in [7, 11) is 0. The Kier molecular flexibility index (Phi) is 3.47. The molecular formula is C12H17N7S. The molecule has 8 heteroatoms. The maximum atomic E-state index is 5.81. The van der Waals surface area contributed by atoms with Gasteiger partial charge in [-0.3, -0.25) is 0 Å². The molecule has 1 aliphatic rings. The third-order valence-corrected chi connectivity index (χ3v) is 4.27. The average molecular weight is 291 g/mol. The van der Waals surface area contributed by atoms with Gasteiger partial charge in [0, 0.05) is 36.0 Å². The summed E-state index contributed by atoms with van der Waals surface area (Å²) >= 11 is 1.98. The molecule has 0 spiro atoms. The van der Waals surface area contributed by atoms with E-state index in [9.17, 15) is 0 Å². The van der Waals surface area contributed by atoms with E-state index in [2.05, 4.69) is 38.8 Å². The van der Waals surface area contributed by atoms with Crippen LogP contribution in [-0.4, -0.2) is 48.3 Å². The molecule has 0 saturated carbocycles. The van der Waals surface area contributed by atoms with Crippen LogP contribution in [-0.2, 0) is 0 Å². The van der Waals surface area contributed by atoms with Crippen LogP contribution >= 0.6 is 11.8 Å². The van der Waals surface area contributed by atoms with Crippen molar-refractivity contribution < 1.29 is 0 Å². The van der Waals surface area contributed by atoms with Crippen LogP contribution in [0.3, 0.4) is 0 Å². The van der Waals surface area contributed by atoms with Crippen LogP contribution in [0.25, 0.3) is 5.95 Å². The highest BCUT2D eigenvalue weighted by Crippen LogP contribution is 2.27. The van der Waals surface area contributed by atoms with E-state index in [1.54, 1.807) is 17.1 Å². The summed E-state index contributed by atoms with van der Waals surface area (Å²) in [5, 5.41) is 5.22. The van der Waals surface area contributed by atoms with Crippen LogP contribution in [0.5, 0.6) is 0 Å². The van der Waals surface area contributed by atoms with Crippen molar-refractivity contribution >= 4 is 23.7 Å². The van der Waals surface area contributed by atoms with E-state index in [1.807, 2.05) is 17.8 Å². The van der Waals surface area contributed by atoms with Gasteiger partial charge < -0.3 is 10.6 Å². The summed E-state index contributed by atoms with van der Waals surface area (Å²) in [6.45, 7) is 6.26. The standard InChI is InChI=1S/C12H17N7S/c1-8-6-18(7-9(2)20-8)11-15-10(13)16-12(17-11)19-5-3-4-14-19/h3-5,8-9H,6-7H2,1-2H3,(H2,13,15,16,17). The molecule has 2 atom stereocenters. The quantitative estimate of drug-likeness (QED) is 0.882. The van der Waals surface area contributed by atoms with Crippen molar-refractivity contribution in [3.05, 3.63) is 18.5 Å². The van der Waals surface area contributed by atoms with Gasteiger partial charge in [-0.05, 0) is 6.07 Å². The summed E-state index contributed by atoms with van der Waals surface area (Å²) in [4.78, 5) is 15.0. The molecule has 2 unspecified atom stereocenters. The smallest absolute Gasteiger partial charge is 0.257 e. The molecule has 0 amide bonds. The Morgan fingerprint density at radius 3 is 2.50 bits per heavy atom. The first-order valence-corrected chi connectivity index (χ1v) is 7.48. The van der Waals surface area contributed by atoms with Crippen molar-refractivity contribution in [2.45, 2.75) is 24.3 Å². The fraction of sp³-hybridized carbons (Fsp3) is 0.500. The van der Waals surface area contributed by atoms with Crippen molar-refractivity contribution in [2.75, 3.05) is 23.7 Å². The average Bonchev–Trinajstić information content (AvgIpc) is 2.90. The molecule has 1 saturated heterocycles. The number of nitrogens with two attached hydrogens (primary N) is 1. The van der Waals surface area contributed by atoms with Gasteiger partial charge in [0.05, 0.1) is 0 Å². The van der Waals surface area contributed by atoms with E-state index in [1.165, 1.54) is 0 Å². The lowest BCUT2D eigenvalue weighted by Gasteiger charge is -2.34. The minimum absolute atomic E-state index is 0.221. The van der Waals surface area contributed by atoms with Crippen molar-refractivity contribution in [3.63, 3.8) is 0 Å². The fourth-order valence-electron chi connectivity index (χ4n) is 2.34. The maximum absolute atomic E-state index is 5.81. The number of hydrogen-bond acceptors (Lipinski definition) is 7. The lowest BCUT2D eigenvalue weighted by atomic mass is 10.3. The zero-order chi connectivity index (χ0) is 14.1. The zero-order valence-electron chi connectivity index (χ0n) is 11.5. The first kappa shape index (κ1) is 13.2. The minimum atomic E-state index is 0.221. The van der Waals surface area contributed by atoms with Crippen molar-refractivity contribution in [3.8, 4) is 5.95 Å². The molecule has 2 N–H and O–H groups in total. The number of nitrogen functional groups attached to an aromatic ring is 1. The third-order valence-electron chi connectivity index (χ3n) is 3.04. The van der Waals surface area contributed by atoms with E-state index in [0.29, 0.717) is 22.4 Å². The van der Waals surface area contributed by atoms with Gasteiger partial charge in [0.25, 0.3) is 5.95 Å². The van der Waals surface area contributed by atoms with Crippen LogP contribution in [0.2, 0.25) is 0 Å². The molecule has 2 aromatic heterocycles. The minimum Gasteiger partial charge on any atom is -0.368 e. The Balaban J connectivity index is 1.93. The maximum Gasteiger partial charge on any atom is 0.257 e. The normalized spacial score (nSPS) is 23.0. The van der Waals surface area contributed by atoms with Gasteiger partial charge >= 0.3 is 0 Å². The zero-order valence-corrected chi connectivity index (χ0v) is 12.3. The predicted molar refractivity (Wildman–Crippen MR) is 80.1 cm³/mol. The number of hydrogen-bond donors (Lipinski definition) is 1. The summed E-state index contributed by atoms with van der Waals surface area (Å²) < 4.78 is 1.59. The highest BCUT2D eigenvalue weighted by Gasteiger charge is 2.25. The van der Waals surface area contributed by atoms with Gasteiger partial charge in [0.1, 0.15) is 0 Å². The molecule has 0 radical (unpaired) electrons. The lowest BCUT2D eigenvalue weighted by Crippen LogP contribution is -2.41. The van der Waals surface area contributed by atoms with Gasteiger partial charge in [-0.2, -0.15) is 31.8 Å². The van der Waals surface area contributed by atoms with Gasteiger partial charge in [-0.1, -0.05) is 13.8 Å². The monoisotopic (exact) mass is 291 g/mol. The summed E-state index contributed by atoms with van der Waals surface area (Å²) in [6, 6.07) is 1.82. The van der Waals surface area contributed by atoms with Crippen LogP contribution < -0.4 is 10.6 Å². The van der Waals surface area contributed by atoms with E-state index in [4.69, 9.17) is 5.73 Å². The van der Waals surface area contributed by atoms with E-state index < -0.39 is 0 Å². The summed E-state index contributed by atoms with van der Waals surface area (Å²) in [6.07, 6.45) is 3.47. The first-order chi connectivity index (χ1) is 9.61. The number of rotatable bonds is 2. The molecule has 3 rings (SSSR count). The largest absolute Gasteiger partial charge is 0.368 e. The second-order valence-electron chi connectivity index (χ2n) is 4.91. The molecule has 0 bridgehead atoms. The topological polar surface area (TPSA) is 85.8 Å². The second-order valence-corrected chi connectivity index (χ2v) is 6.79. The first-order valence-electron chi connectivity index (χ1n) is 6.54. The van der Waals surface area contributed by atoms with Gasteiger partial charge in [-0.25, -0.2) is 4.68 Å². The van der Waals surface area contributed by atoms with Crippen LogP contribution in [0, 0.1) is 0 Å². The second kappa shape index (κ2) is 5.28. The van der Waals surface area contributed by atoms with Gasteiger partial charge in [-0.15, -0.1) is 0 Å². The Hall–Kier alpha value is -1.83. The highest BCUT2D eigenvalue weighted by molar-refractivity contribution is 8.00. The van der Waals surface area contributed by atoms with E-state index in [0.717, 1.165) is 13.1 Å². The van der Waals surface area contributed by atoms with Crippen molar-refractivity contribution in [1.29, 1.82) is 0 Å². The van der Waals surface area contributed by atoms with Crippen LogP contribution in [0.4, 0.5) is 11.9 Å².